The Kier molecular flexibility index (Phi) is 5.36. The lowest BCUT2D eigenvalue weighted by Crippen LogP contribution is -2.34. The van der Waals surface area contributed by atoms with Crippen molar-refractivity contribution in [3.63, 3.8) is 0 Å². The quantitative estimate of drug-likeness (QED) is 0.655. The van der Waals surface area contributed by atoms with Crippen LogP contribution in [0.3, 0.4) is 0 Å². The highest BCUT2D eigenvalue weighted by Gasteiger charge is 2.28. The fourth-order valence-electron chi connectivity index (χ4n) is 2.06. The maximum absolute atomic E-state index is 12.7. The van der Waals surface area contributed by atoms with Gasteiger partial charge in [0.05, 0.1) is 11.5 Å². The Bertz CT molecular complexity index is 627. The Hall–Kier alpha value is -1.60. The predicted octanol–water partition coefficient (Wildman–Crippen LogP) is 1.38. The van der Waals surface area contributed by atoms with Gasteiger partial charge in [0.2, 0.25) is 10.0 Å². The summed E-state index contributed by atoms with van der Waals surface area (Å²) in [5.41, 5.74) is 8.20. The van der Waals surface area contributed by atoms with Crippen LogP contribution in [-0.4, -0.2) is 38.9 Å². The van der Waals surface area contributed by atoms with E-state index in [0.29, 0.717) is 16.8 Å². The zero-order valence-corrected chi connectivity index (χ0v) is 13.9. The second-order valence-corrected chi connectivity index (χ2v) is 6.91. The molecule has 118 valence electrons. The number of hydrogen-bond donors (Lipinski definition) is 1. The topological polar surface area (TPSA) is 89.7 Å². The summed E-state index contributed by atoms with van der Waals surface area (Å²) in [5.74, 6) is -0.584. The Morgan fingerprint density at radius 3 is 2.38 bits per heavy atom. The molecule has 7 heteroatoms. The molecule has 0 saturated heterocycles. The standard InChI is InChI=1S/C14H22N2O4S/c1-6-20-13(17)8-16(5)21(18,19)14-10(3)9(2)7-12(15)11(14)4/h7H,6,8,15H2,1-5H3. The lowest BCUT2D eigenvalue weighted by Gasteiger charge is -2.21. The van der Waals surface area contributed by atoms with Crippen molar-refractivity contribution < 1.29 is 17.9 Å². The number of esters is 1. The number of benzene rings is 1. The van der Waals surface area contributed by atoms with Crippen molar-refractivity contribution in [1.29, 1.82) is 0 Å². The molecule has 1 aromatic rings. The summed E-state index contributed by atoms with van der Waals surface area (Å²) < 4.78 is 31.1. The summed E-state index contributed by atoms with van der Waals surface area (Å²) in [7, 11) is -2.46. The van der Waals surface area contributed by atoms with Crippen molar-refractivity contribution in [2.45, 2.75) is 32.6 Å². The van der Waals surface area contributed by atoms with Gasteiger partial charge in [0, 0.05) is 12.7 Å². The average molecular weight is 314 g/mol. The average Bonchev–Trinajstić information content (AvgIpc) is 2.36. The molecule has 2 N–H and O–H groups in total. The third-order valence-electron chi connectivity index (χ3n) is 3.40. The maximum Gasteiger partial charge on any atom is 0.321 e. The number of rotatable bonds is 5. The van der Waals surface area contributed by atoms with E-state index in [0.717, 1.165) is 9.87 Å². The number of sulfonamides is 1. The normalized spacial score (nSPS) is 11.7. The fourth-order valence-corrected chi connectivity index (χ4v) is 3.70. The van der Waals surface area contributed by atoms with Gasteiger partial charge >= 0.3 is 5.97 Å². The number of nitrogen functional groups attached to an aromatic ring is 1. The molecule has 0 aliphatic carbocycles. The lowest BCUT2D eigenvalue weighted by molar-refractivity contribution is -0.143. The molecule has 0 spiro atoms. The predicted molar refractivity (Wildman–Crippen MR) is 81.5 cm³/mol. The summed E-state index contributed by atoms with van der Waals surface area (Å²) in [4.78, 5) is 11.6. The van der Waals surface area contributed by atoms with Gasteiger partial charge in [0.25, 0.3) is 0 Å². The number of carbonyl (C=O) groups is 1. The molecule has 6 nitrogen and oxygen atoms in total. The second kappa shape index (κ2) is 6.44. The van der Waals surface area contributed by atoms with Crippen LogP contribution >= 0.6 is 0 Å². The van der Waals surface area contributed by atoms with Gasteiger partial charge in [-0.25, -0.2) is 8.42 Å². The summed E-state index contributed by atoms with van der Waals surface area (Å²) in [6.45, 7) is 6.74. The summed E-state index contributed by atoms with van der Waals surface area (Å²) in [5, 5.41) is 0. The van der Waals surface area contributed by atoms with E-state index < -0.39 is 16.0 Å². The van der Waals surface area contributed by atoms with Crippen LogP contribution in [0.25, 0.3) is 0 Å². The number of anilines is 1. The molecule has 0 bridgehead atoms. The number of aryl methyl sites for hydroxylation is 1. The van der Waals surface area contributed by atoms with Crippen LogP contribution in [0.5, 0.6) is 0 Å². The van der Waals surface area contributed by atoms with E-state index in [1.165, 1.54) is 7.05 Å². The molecule has 0 heterocycles. The van der Waals surface area contributed by atoms with Gasteiger partial charge in [-0.2, -0.15) is 4.31 Å². The van der Waals surface area contributed by atoms with Gasteiger partial charge in [0.15, 0.2) is 0 Å². The van der Waals surface area contributed by atoms with Gasteiger partial charge in [-0.3, -0.25) is 4.79 Å². The SMILES string of the molecule is CCOC(=O)CN(C)S(=O)(=O)c1c(C)c(C)cc(N)c1C. The molecule has 0 saturated carbocycles. The molecule has 0 aromatic heterocycles. The van der Waals surface area contributed by atoms with Gasteiger partial charge in [-0.15, -0.1) is 0 Å². The molecule has 1 aromatic carbocycles. The molecule has 0 radical (unpaired) electrons. The third-order valence-corrected chi connectivity index (χ3v) is 5.48. The van der Waals surface area contributed by atoms with Crippen LogP contribution in [-0.2, 0) is 19.6 Å². The van der Waals surface area contributed by atoms with Gasteiger partial charge < -0.3 is 10.5 Å². The molecule has 0 aliphatic heterocycles. The molecule has 0 unspecified atom stereocenters. The Morgan fingerprint density at radius 1 is 1.29 bits per heavy atom. The molecule has 0 amide bonds. The molecule has 21 heavy (non-hydrogen) atoms. The first-order chi connectivity index (χ1) is 9.62. The van der Waals surface area contributed by atoms with E-state index in [1.807, 2.05) is 0 Å². The minimum Gasteiger partial charge on any atom is -0.465 e. The molecule has 1 rings (SSSR count). The number of hydrogen-bond acceptors (Lipinski definition) is 5. The van der Waals surface area contributed by atoms with Crippen molar-refractivity contribution in [1.82, 2.24) is 4.31 Å². The zero-order chi connectivity index (χ0) is 16.4. The largest absolute Gasteiger partial charge is 0.465 e. The molecular weight excluding hydrogens is 292 g/mol. The number of likely N-dealkylation sites (N-methyl/N-ethyl adjacent to an activating group) is 1. The Labute approximate surface area is 125 Å². The van der Waals surface area contributed by atoms with Crippen LogP contribution in [0.4, 0.5) is 5.69 Å². The van der Waals surface area contributed by atoms with Crippen molar-refractivity contribution in [2.75, 3.05) is 25.9 Å². The molecule has 0 atom stereocenters. The van der Waals surface area contributed by atoms with Crippen LogP contribution in [0, 0.1) is 20.8 Å². The first-order valence-electron chi connectivity index (χ1n) is 6.61. The Morgan fingerprint density at radius 2 is 1.86 bits per heavy atom. The molecule has 0 fully saturated rings. The number of carbonyl (C=O) groups excluding carboxylic acids is 1. The minimum atomic E-state index is -3.81. The molecular formula is C14H22N2O4S. The van der Waals surface area contributed by atoms with Crippen LogP contribution in [0.15, 0.2) is 11.0 Å². The van der Waals surface area contributed by atoms with Gasteiger partial charge in [-0.1, -0.05) is 0 Å². The fraction of sp³-hybridized carbons (Fsp3) is 0.500. The van der Waals surface area contributed by atoms with Crippen LogP contribution in [0.2, 0.25) is 0 Å². The smallest absolute Gasteiger partial charge is 0.321 e. The number of nitrogens with zero attached hydrogens (tertiary/aromatic N) is 1. The van der Waals surface area contributed by atoms with E-state index in [4.69, 9.17) is 10.5 Å². The maximum atomic E-state index is 12.7. The minimum absolute atomic E-state index is 0.159. The number of nitrogens with two attached hydrogens (primary N) is 1. The highest BCUT2D eigenvalue weighted by atomic mass is 32.2. The second-order valence-electron chi connectivity index (χ2n) is 4.93. The summed E-state index contributed by atoms with van der Waals surface area (Å²) in [6, 6.07) is 1.75. The van der Waals surface area contributed by atoms with Gasteiger partial charge in [-0.05, 0) is 50.5 Å². The van der Waals surface area contributed by atoms with E-state index in [2.05, 4.69) is 0 Å². The highest BCUT2D eigenvalue weighted by Crippen LogP contribution is 2.29. The van der Waals surface area contributed by atoms with Gasteiger partial charge in [0.1, 0.15) is 6.54 Å². The van der Waals surface area contributed by atoms with Crippen molar-refractivity contribution in [2.24, 2.45) is 0 Å². The van der Waals surface area contributed by atoms with E-state index in [-0.39, 0.29) is 18.0 Å². The van der Waals surface area contributed by atoms with Crippen molar-refractivity contribution in [3.05, 3.63) is 22.8 Å². The number of ether oxygens (including phenoxy) is 1. The zero-order valence-electron chi connectivity index (χ0n) is 13.1. The first-order valence-corrected chi connectivity index (χ1v) is 8.05. The summed E-state index contributed by atoms with van der Waals surface area (Å²) in [6.07, 6.45) is 0. The van der Waals surface area contributed by atoms with Crippen LogP contribution in [0.1, 0.15) is 23.6 Å². The van der Waals surface area contributed by atoms with E-state index in [1.54, 1.807) is 33.8 Å². The van der Waals surface area contributed by atoms with Crippen LogP contribution < -0.4 is 5.73 Å². The summed E-state index contributed by atoms with van der Waals surface area (Å²) >= 11 is 0. The molecule has 0 aliphatic rings. The van der Waals surface area contributed by atoms with E-state index >= 15 is 0 Å². The Balaban J connectivity index is 3.29. The highest BCUT2D eigenvalue weighted by molar-refractivity contribution is 7.89. The van der Waals surface area contributed by atoms with Crippen molar-refractivity contribution >= 4 is 21.7 Å². The first kappa shape index (κ1) is 17.5. The van der Waals surface area contributed by atoms with E-state index in [9.17, 15) is 13.2 Å². The van der Waals surface area contributed by atoms with Crippen molar-refractivity contribution in [3.8, 4) is 0 Å². The third kappa shape index (κ3) is 3.54. The lowest BCUT2D eigenvalue weighted by atomic mass is 10.1. The monoisotopic (exact) mass is 314 g/mol.